The molecular weight excluding hydrogens is 152 g/mol. The molecule has 0 radical (unpaired) electrons. The maximum atomic E-state index is 9.44. The van der Waals surface area contributed by atoms with Gasteiger partial charge in [0.05, 0.1) is 12.2 Å². The third-order valence-corrected chi connectivity index (χ3v) is 2.17. The Balaban J connectivity index is 3.47. The second-order valence-corrected chi connectivity index (χ2v) is 3.84. The van der Waals surface area contributed by atoms with Crippen LogP contribution in [0.5, 0.6) is 0 Å². The van der Waals surface area contributed by atoms with Crippen molar-refractivity contribution in [3.05, 3.63) is 0 Å². The van der Waals surface area contributed by atoms with Gasteiger partial charge in [0.2, 0.25) is 0 Å². The zero-order chi connectivity index (χ0) is 9.56. The molecule has 0 fully saturated rings. The van der Waals surface area contributed by atoms with Gasteiger partial charge in [0.25, 0.3) is 0 Å². The minimum absolute atomic E-state index is 0.251. The molecule has 2 atom stereocenters. The highest BCUT2D eigenvalue weighted by molar-refractivity contribution is 4.66. The zero-order valence-corrected chi connectivity index (χ0v) is 8.45. The first-order valence-corrected chi connectivity index (χ1v) is 4.94. The molecule has 2 heteroatoms. The summed E-state index contributed by atoms with van der Waals surface area (Å²) in [5.74, 6) is 0.251. The van der Waals surface area contributed by atoms with Crippen LogP contribution in [0.2, 0.25) is 0 Å². The second-order valence-electron chi connectivity index (χ2n) is 3.84. The summed E-state index contributed by atoms with van der Waals surface area (Å²) in [5.41, 5.74) is 0. The summed E-state index contributed by atoms with van der Waals surface area (Å²) in [5, 5.41) is 18.9. The normalized spacial score (nSPS) is 16.5. The molecule has 0 saturated heterocycles. The molecular formula is C10H22O2. The van der Waals surface area contributed by atoms with E-state index in [9.17, 15) is 10.2 Å². The van der Waals surface area contributed by atoms with Gasteiger partial charge in [0.1, 0.15) is 0 Å². The highest BCUT2D eigenvalue weighted by Crippen LogP contribution is 2.12. The van der Waals surface area contributed by atoms with Crippen molar-refractivity contribution < 1.29 is 10.2 Å². The summed E-state index contributed by atoms with van der Waals surface area (Å²) in [4.78, 5) is 0. The molecule has 0 heterocycles. The molecule has 2 N–H and O–H groups in total. The Kier molecular flexibility index (Phi) is 6.39. The van der Waals surface area contributed by atoms with E-state index in [0.717, 1.165) is 19.3 Å². The van der Waals surface area contributed by atoms with Gasteiger partial charge >= 0.3 is 0 Å². The maximum Gasteiger partial charge on any atom is 0.0587 e. The van der Waals surface area contributed by atoms with Crippen LogP contribution in [0.1, 0.15) is 46.5 Å². The lowest BCUT2D eigenvalue weighted by molar-refractivity contribution is 0.0490. The number of aliphatic hydroxyl groups is 2. The highest BCUT2D eigenvalue weighted by atomic mass is 16.3. The molecule has 0 aliphatic rings. The van der Waals surface area contributed by atoms with E-state index in [1.807, 2.05) is 13.8 Å². The number of rotatable bonds is 6. The van der Waals surface area contributed by atoms with E-state index in [2.05, 4.69) is 6.92 Å². The topological polar surface area (TPSA) is 40.5 Å². The third kappa shape index (κ3) is 5.56. The predicted molar refractivity (Wildman–Crippen MR) is 51.0 cm³/mol. The molecule has 0 bridgehead atoms. The monoisotopic (exact) mass is 174 g/mol. The zero-order valence-electron chi connectivity index (χ0n) is 8.45. The van der Waals surface area contributed by atoms with Crippen molar-refractivity contribution in [2.24, 2.45) is 5.92 Å². The quantitative estimate of drug-likeness (QED) is 0.646. The van der Waals surface area contributed by atoms with Crippen molar-refractivity contribution in [2.45, 2.75) is 58.7 Å². The second kappa shape index (κ2) is 6.44. The van der Waals surface area contributed by atoms with Crippen LogP contribution in [0.15, 0.2) is 0 Å². The van der Waals surface area contributed by atoms with Crippen molar-refractivity contribution in [3.63, 3.8) is 0 Å². The summed E-state index contributed by atoms with van der Waals surface area (Å²) >= 11 is 0. The molecule has 0 aromatic heterocycles. The standard InChI is InChI=1S/C10H22O2/c1-4-5-6-9(11)7-10(12)8(2)3/h8-12H,4-7H2,1-3H3/t9-,10-/m1/s1. The number of unbranched alkanes of at least 4 members (excludes halogenated alkanes) is 1. The van der Waals surface area contributed by atoms with Crippen molar-refractivity contribution >= 4 is 0 Å². The molecule has 0 saturated carbocycles. The summed E-state index contributed by atoms with van der Waals surface area (Å²) < 4.78 is 0. The Morgan fingerprint density at radius 3 is 2.17 bits per heavy atom. The Hall–Kier alpha value is -0.0800. The van der Waals surface area contributed by atoms with E-state index in [0.29, 0.717) is 6.42 Å². The maximum absolute atomic E-state index is 9.44. The fourth-order valence-electron chi connectivity index (χ4n) is 1.11. The SMILES string of the molecule is CCCC[C@@H](O)C[C@@H](O)C(C)C. The molecule has 0 spiro atoms. The summed E-state index contributed by atoms with van der Waals surface area (Å²) in [6.45, 7) is 6.04. The van der Waals surface area contributed by atoms with Crippen LogP contribution >= 0.6 is 0 Å². The van der Waals surface area contributed by atoms with Crippen LogP contribution < -0.4 is 0 Å². The fourth-order valence-corrected chi connectivity index (χ4v) is 1.11. The smallest absolute Gasteiger partial charge is 0.0587 e. The Bertz CT molecular complexity index is 102. The van der Waals surface area contributed by atoms with Crippen LogP contribution in [-0.4, -0.2) is 22.4 Å². The Labute approximate surface area is 75.6 Å². The molecule has 0 aliphatic carbocycles. The molecule has 0 amide bonds. The highest BCUT2D eigenvalue weighted by Gasteiger charge is 2.14. The van der Waals surface area contributed by atoms with Crippen LogP contribution in [0.4, 0.5) is 0 Å². The number of hydrogen-bond acceptors (Lipinski definition) is 2. The summed E-state index contributed by atoms with van der Waals surface area (Å²) in [6, 6.07) is 0. The molecule has 74 valence electrons. The molecule has 0 rings (SSSR count). The first-order valence-electron chi connectivity index (χ1n) is 4.94. The molecule has 0 aliphatic heterocycles. The average molecular weight is 174 g/mol. The van der Waals surface area contributed by atoms with Crippen LogP contribution in [-0.2, 0) is 0 Å². The largest absolute Gasteiger partial charge is 0.393 e. The molecule has 0 aromatic carbocycles. The lowest BCUT2D eigenvalue weighted by Crippen LogP contribution is -2.22. The van der Waals surface area contributed by atoms with Crippen LogP contribution in [0.25, 0.3) is 0 Å². The van der Waals surface area contributed by atoms with Gasteiger partial charge in [-0.2, -0.15) is 0 Å². The minimum atomic E-state index is -0.350. The van der Waals surface area contributed by atoms with Crippen molar-refractivity contribution in [1.82, 2.24) is 0 Å². The lowest BCUT2D eigenvalue weighted by Gasteiger charge is -2.18. The first-order chi connectivity index (χ1) is 5.57. The summed E-state index contributed by atoms with van der Waals surface area (Å²) in [7, 11) is 0. The lowest BCUT2D eigenvalue weighted by atomic mass is 9.98. The molecule has 0 unspecified atom stereocenters. The molecule has 2 nitrogen and oxygen atoms in total. The fraction of sp³-hybridized carbons (Fsp3) is 1.00. The van der Waals surface area contributed by atoms with Gasteiger partial charge in [-0.3, -0.25) is 0 Å². The van der Waals surface area contributed by atoms with Crippen LogP contribution in [0.3, 0.4) is 0 Å². The Morgan fingerprint density at radius 2 is 1.75 bits per heavy atom. The van der Waals surface area contributed by atoms with E-state index in [1.54, 1.807) is 0 Å². The predicted octanol–water partition coefficient (Wildman–Crippen LogP) is 1.94. The van der Waals surface area contributed by atoms with Gasteiger partial charge < -0.3 is 10.2 Å². The number of hydrogen-bond donors (Lipinski definition) is 2. The van der Waals surface area contributed by atoms with Gasteiger partial charge in [0.15, 0.2) is 0 Å². The number of aliphatic hydroxyl groups excluding tert-OH is 2. The van der Waals surface area contributed by atoms with E-state index in [-0.39, 0.29) is 18.1 Å². The summed E-state index contributed by atoms with van der Waals surface area (Å²) in [6.07, 6.45) is 2.83. The third-order valence-electron chi connectivity index (χ3n) is 2.17. The van der Waals surface area contributed by atoms with Gasteiger partial charge in [-0.15, -0.1) is 0 Å². The molecule has 0 aromatic rings. The van der Waals surface area contributed by atoms with Gasteiger partial charge in [0, 0.05) is 0 Å². The van der Waals surface area contributed by atoms with Crippen molar-refractivity contribution in [1.29, 1.82) is 0 Å². The van der Waals surface area contributed by atoms with Crippen molar-refractivity contribution in [2.75, 3.05) is 0 Å². The van der Waals surface area contributed by atoms with Gasteiger partial charge in [-0.05, 0) is 18.8 Å². The minimum Gasteiger partial charge on any atom is -0.393 e. The molecule has 12 heavy (non-hydrogen) atoms. The Morgan fingerprint density at radius 1 is 1.17 bits per heavy atom. The van der Waals surface area contributed by atoms with Gasteiger partial charge in [-0.1, -0.05) is 33.6 Å². The van der Waals surface area contributed by atoms with E-state index in [1.165, 1.54) is 0 Å². The van der Waals surface area contributed by atoms with Crippen LogP contribution in [0, 0.1) is 5.92 Å². The van der Waals surface area contributed by atoms with E-state index in [4.69, 9.17) is 0 Å². The van der Waals surface area contributed by atoms with Crippen molar-refractivity contribution in [3.8, 4) is 0 Å². The van der Waals surface area contributed by atoms with E-state index >= 15 is 0 Å². The first kappa shape index (κ1) is 11.9. The van der Waals surface area contributed by atoms with E-state index < -0.39 is 0 Å². The average Bonchev–Trinajstić information content (AvgIpc) is 2.00. The van der Waals surface area contributed by atoms with Gasteiger partial charge in [-0.25, -0.2) is 0 Å².